The molecule has 2 atom stereocenters. The lowest BCUT2D eigenvalue weighted by molar-refractivity contribution is -0.112. The molecule has 0 aliphatic heterocycles. The van der Waals surface area contributed by atoms with Crippen molar-refractivity contribution in [1.82, 2.24) is 4.98 Å². The topological polar surface area (TPSA) is 30.0 Å². The van der Waals surface area contributed by atoms with E-state index in [-0.39, 0.29) is 5.92 Å². The van der Waals surface area contributed by atoms with Crippen molar-refractivity contribution in [2.75, 3.05) is 0 Å². The van der Waals surface area contributed by atoms with Gasteiger partial charge in [0.15, 0.2) is 0 Å². The Balaban J connectivity index is 2.08. The lowest BCUT2D eigenvalue weighted by Crippen LogP contribution is -2.15. The van der Waals surface area contributed by atoms with Crippen molar-refractivity contribution in [3.8, 4) is 0 Å². The van der Waals surface area contributed by atoms with Crippen LogP contribution >= 0.6 is 0 Å². The number of hydrogen-bond donors (Lipinski definition) is 0. The van der Waals surface area contributed by atoms with Gasteiger partial charge in [-0.3, -0.25) is 4.98 Å². The van der Waals surface area contributed by atoms with Gasteiger partial charge in [-0.05, 0) is 36.8 Å². The second-order valence-corrected chi connectivity index (χ2v) is 4.05. The molecule has 2 unspecified atom stereocenters. The van der Waals surface area contributed by atoms with Gasteiger partial charge in [0.1, 0.15) is 6.29 Å². The minimum atomic E-state index is 0.272. The predicted molar refractivity (Wildman–Crippen MR) is 55.0 cm³/mol. The minimum absolute atomic E-state index is 0.272. The van der Waals surface area contributed by atoms with Crippen molar-refractivity contribution in [2.24, 2.45) is 5.92 Å². The molecular weight excluding hydrogens is 174 g/mol. The standard InChI is InChI=1S/C12H15NO/c14-9-10-3-1-4-11(7-10)12-5-2-6-13-8-12/h2,5-6,8-11H,1,3-4,7H2. The van der Waals surface area contributed by atoms with Gasteiger partial charge in [-0.2, -0.15) is 0 Å². The molecule has 14 heavy (non-hydrogen) atoms. The first-order valence-corrected chi connectivity index (χ1v) is 5.25. The predicted octanol–water partition coefficient (Wildman–Crippen LogP) is 2.55. The van der Waals surface area contributed by atoms with Gasteiger partial charge in [-0.25, -0.2) is 0 Å². The Bertz CT molecular complexity index is 296. The Kier molecular flexibility index (Phi) is 2.92. The van der Waals surface area contributed by atoms with Crippen LogP contribution in [0.4, 0.5) is 0 Å². The molecule has 0 amide bonds. The summed E-state index contributed by atoms with van der Waals surface area (Å²) in [5, 5.41) is 0. The average molecular weight is 189 g/mol. The van der Waals surface area contributed by atoms with E-state index in [1.54, 1.807) is 6.20 Å². The largest absolute Gasteiger partial charge is 0.303 e. The summed E-state index contributed by atoms with van der Waals surface area (Å²) < 4.78 is 0. The second-order valence-electron chi connectivity index (χ2n) is 4.05. The zero-order valence-electron chi connectivity index (χ0n) is 8.23. The van der Waals surface area contributed by atoms with Crippen molar-refractivity contribution in [2.45, 2.75) is 31.6 Å². The first-order valence-electron chi connectivity index (χ1n) is 5.25. The van der Waals surface area contributed by atoms with E-state index in [0.717, 1.165) is 19.1 Å². The highest BCUT2D eigenvalue weighted by atomic mass is 16.1. The van der Waals surface area contributed by atoms with Crippen molar-refractivity contribution >= 4 is 6.29 Å². The SMILES string of the molecule is O=CC1CCCC(c2cccnc2)C1. The molecule has 1 saturated carbocycles. The Morgan fingerprint density at radius 2 is 2.36 bits per heavy atom. The fraction of sp³-hybridized carbons (Fsp3) is 0.500. The molecule has 1 aliphatic carbocycles. The number of hydrogen-bond acceptors (Lipinski definition) is 2. The van der Waals surface area contributed by atoms with E-state index in [1.165, 1.54) is 18.4 Å². The summed E-state index contributed by atoms with van der Waals surface area (Å²) in [5.41, 5.74) is 1.29. The van der Waals surface area contributed by atoms with Crippen LogP contribution < -0.4 is 0 Å². The van der Waals surface area contributed by atoms with Gasteiger partial charge in [-0.1, -0.05) is 12.5 Å². The lowest BCUT2D eigenvalue weighted by atomic mass is 9.79. The fourth-order valence-corrected chi connectivity index (χ4v) is 2.27. The Morgan fingerprint density at radius 3 is 3.07 bits per heavy atom. The van der Waals surface area contributed by atoms with Crippen LogP contribution in [0.3, 0.4) is 0 Å². The molecule has 0 saturated heterocycles. The highest BCUT2D eigenvalue weighted by molar-refractivity contribution is 5.53. The van der Waals surface area contributed by atoms with Gasteiger partial charge in [-0.15, -0.1) is 0 Å². The summed E-state index contributed by atoms with van der Waals surface area (Å²) in [6.07, 6.45) is 9.29. The summed E-state index contributed by atoms with van der Waals surface area (Å²) in [6, 6.07) is 4.09. The van der Waals surface area contributed by atoms with Gasteiger partial charge in [0.05, 0.1) is 0 Å². The molecule has 0 spiro atoms. The monoisotopic (exact) mass is 189 g/mol. The normalized spacial score (nSPS) is 27.1. The van der Waals surface area contributed by atoms with Crippen LogP contribution in [-0.2, 0) is 4.79 Å². The molecule has 0 radical (unpaired) electrons. The van der Waals surface area contributed by atoms with Crippen LogP contribution in [0.2, 0.25) is 0 Å². The summed E-state index contributed by atoms with van der Waals surface area (Å²) >= 11 is 0. The first kappa shape index (κ1) is 9.38. The summed E-state index contributed by atoms with van der Waals surface area (Å²) in [5.74, 6) is 0.821. The summed E-state index contributed by atoms with van der Waals surface area (Å²) in [7, 11) is 0. The van der Waals surface area contributed by atoms with Crippen LogP contribution in [0.5, 0.6) is 0 Å². The number of rotatable bonds is 2. The van der Waals surface area contributed by atoms with Gasteiger partial charge in [0.2, 0.25) is 0 Å². The van der Waals surface area contributed by atoms with E-state index < -0.39 is 0 Å². The van der Waals surface area contributed by atoms with Crippen molar-refractivity contribution in [1.29, 1.82) is 0 Å². The lowest BCUT2D eigenvalue weighted by Gasteiger charge is -2.25. The molecule has 2 rings (SSSR count). The van der Waals surface area contributed by atoms with Gasteiger partial charge in [0.25, 0.3) is 0 Å². The third-order valence-corrected chi connectivity index (χ3v) is 3.06. The maximum atomic E-state index is 10.7. The molecule has 74 valence electrons. The highest BCUT2D eigenvalue weighted by Gasteiger charge is 2.22. The molecule has 0 N–H and O–H groups in total. The first-order chi connectivity index (χ1) is 6.90. The fourth-order valence-electron chi connectivity index (χ4n) is 2.27. The zero-order valence-corrected chi connectivity index (χ0v) is 8.23. The van der Waals surface area contributed by atoms with E-state index in [2.05, 4.69) is 11.1 Å². The molecular formula is C12H15NO. The summed E-state index contributed by atoms with van der Waals surface area (Å²) in [4.78, 5) is 14.8. The molecule has 1 aromatic rings. The molecule has 0 bridgehead atoms. The van der Waals surface area contributed by atoms with Crippen LogP contribution in [-0.4, -0.2) is 11.3 Å². The van der Waals surface area contributed by atoms with E-state index in [9.17, 15) is 4.79 Å². The van der Waals surface area contributed by atoms with Crippen LogP contribution in [0.1, 0.15) is 37.2 Å². The maximum Gasteiger partial charge on any atom is 0.123 e. The number of nitrogens with zero attached hydrogens (tertiary/aromatic N) is 1. The smallest absolute Gasteiger partial charge is 0.123 e. The summed E-state index contributed by atoms with van der Waals surface area (Å²) in [6.45, 7) is 0. The number of pyridine rings is 1. The van der Waals surface area contributed by atoms with Gasteiger partial charge in [0, 0.05) is 18.3 Å². The minimum Gasteiger partial charge on any atom is -0.303 e. The number of aldehydes is 1. The molecule has 2 nitrogen and oxygen atoms in total. The van der Waals surface area contributed by atoms with Crippen molar-refractivity contribution < 1.29 is 4.79 Å². The highest BCUT2D eigenvalue weighted by Crippen LogP contribution is 2.34. The maximum absolute atomic E-state index is 10.7. The molecule has 0 aromatic carbocycles. The van der Waals surface area contributed by atoms with E-state index in [0.29, 0.717) is 5.92 Å². The third kappa shape index (κ3) is 2.00. The van der Waals surface area contributed by atoms with Crippen LogP contribution in [0.25, 0.3) is 0 Å². The van der Waals surface area contributed by atoms with E-state index in [4.69, 9.17) is 0 Å². The molecule has 2 heteroatoms. The molecule has 1 fully saturated rings. The second kappa shape index (κ2) is 4.36. The zero-order chi connectivity index (χ0) is 9.80. The Labute approximate surface area is 84.4 Å². The Morgan fingerprint density at radius 1 is 1.43 bits per heavy atom. The number of carbonyl (C=O) groups excluding carboxylic acids is 1. The Hall–Kier alpha value is -1.18. The van der Waals surface area contributed by atoms with E-state index in [1.807, 2.05) is 12.3 Å². The quantitative estimate of drug-likeness (QED) is 0.669. The third-order valence-electron chi connectivity index (χ3n) is 3.06. The van der Waals surface area contributed by atoms with Crippen molar-refractivity contribution in [3.63, 3.8) is 0 Å². The molecule has 1 aromatic heterocycles. The molecule has 1 heterocycles. The van der Waals surface area contributed by atoms with Gasteiger partial charge < -0.3 is 4.79 Å². The van der Waals surface area contributed by atoms with E-state index >= 15 is 0 Å². The van der Waals surface area contributed by atoms with Crippen LogP contribution in [0.15, 0.2) is 24.5 Å². The number of aromatic nitrogens is 1. The number of carbonyl (C=O) groups is 1. The molecule has 1 aliphatic rings. The average Bonchev–Trinajstić information content (AvgIpc) is 2.30. The van der Waals surface area contributed by atoms with Crippen LogP contribution in [0, 0.1) is 5.92 Å². The van der Waals surface area contributed by atoms with Crippen molar-refractivity contribution in [3.05, 3.63) is 30.1 Å². The van der Waals surface area contributed by atoms with Gasteiger partial charge >= 0.3 is 0 Å².